The van der Waals surface area contributed by atoms with Gasteiger partial charge in [0.25, 0.3) is 0 Å². The van der Waals surface area contributed by atoms with Crippen LogP contribution in [0.15, 0.2) is 16.6 Å². The van der Waals surface area contributed by atoms with Crippen LogP contribution in [0.25, 0.3) is 0 Å². The van der Waals surface area contributed by atoms with Crippen molar-refractivity contribution < 1.29 is 4.74 Å². The maximum absolute atomic E-state index is 5.35. The van der Waals surface area contributed by atoms with Gasteiger partial charge in [0.15, 0.2) is 0 Å². The lowest BCUT2D eigenvalue weighted by atomic mass is 10.1. The van der Waals surface area contributed by atoms with E-state index in [0.717, 1.165) is 24.1 Å². The minimum Gasteiger partial charge on any atom is -0.379 e. The van der Waals surface area contributed by atoms with Crippen LogP contribution in [0.3, 0.4) is 0 Å². The molecule has 1 aliphatic rings. The van der Waals surface area contributed by atoms with Crippen LogP contribution < -0.4 is 5.32 Å². The second-order valence-electron chi connectivity index (χ2n) is 4.14. The zero-order valence-corrected chi connectivity index (χ0v) is 10.7. The van der Waals surface area contributed by atoms with Crippen molar-refractivity contribution in [2.45, 2.75) is 26.3 Å². The highest BCUT2D eigenvalue weighted by Crippen LogP contribution is 2.29. The summed E-state index contributed by atoms with van der Waals surface area (Å²) in [5.41, 5.74) is 3.78. The number of halogens is 1. The van der Waals surface area contributed by atoms with Gasteiger partial charge >= 0.3 is 0 Å². The van der Waals surface area contributed by atoms with Gasteiger partial charge in [-0.25, -0.2) is 0 Å². The van der Waals surface area contributed by atoms with Gasteiger partial charge in [-0.2, -0.15) is 0 Å². The SMILES string of the molecule is Cc1cc(C)c(NC2CCOC2)c(Br)c1. The molecule has 0 radical (unpaired) electrons. The van der Waals surface area contributed by atoms with E-state index in [0.29, 0.717) is 6.04 Å². The first-order valence-electron chi connectivity index (χ1n) is 5.28. The van der Waals surface area contributed by atoms with Crippen molar-refractivity contribution in [2.75, 3.05) is 18.5 Å². The number of hydrogen-bond donors (Lipinski definition) is 1. The Balaban J connectivity index is 2.19. The van der Waals surface area contributed by atoms with Crippen LogP contribution in [0.1, 0.15) is 17.5 Å². The van der Waals surface area contributed by atoms with E-state index < -0.39 is 0 Å². The van der Waals surface area contributed by atoms with Crippen molar-refractivity contribution in [3.63, 3.8) is 0 Å². The predicted octanol–water partition coefficient (Wildman–Crippen LogP) is 3.27. The van der Waals surface area contributed by atoms with Crippen molar-refractivity contribution in [2.24, 2.45) is 0 Å². The third-order valence-corrected chi connectivity index (χ3v) is 3.34. The van der Waals surface area contributed by atoms with Crippen molar-refractivity contribution in [1.29, 1.82) is 0 Å². The molecule has 0 spiro atoms. The maximum atomic E-state index is 5.35. The van der Waals surface area contributed by atoms with E-state index in [2.05, 4.69) is 47.2 Å². The Morgan fingerprint density at radius 1 is 1.40 bits per heavy atom. The molecule has 2 nitrogen and oxygen atoms in total. The molecule has 0 aromatic heterocycles. The minimum atomic E-state index is 0.461. The number of aryl methyl sites for hydroxylation is 2. The quantitative estimate of drug-likeness (QED) is 0.890. The van der Waals surface area contributed by atoms with E-state index >= 15 is 0 Å². The molecule has 1 unspecified atom stereocenters. The standard InChI is InChI=1S/C12H16BrNO/c1-8-5-9(2)12(11(13)6-8)14-10-3-4-15-7-10/h5-6,10,14H,3-4,7H2,1-2H3. The molecular formula is C12H16BrNO. The lowest BCUT2D eigenvalue weighted by Crippen LogP contribution is -2.19. The first-order valence-corrected chi connectivity index (χ1v) is 6.07. The van der Waals surface area contributed by atoms with Crippen LogP contribution in [0.2, 0.25) is 0 Å². The summed E-state index contributed by atoms with van der Waals surface area (Å²) in [5.74, 6) is 0. The van der Waals surface area contributed by atoms with Gasteiger partial charge in [-0.05, 0) is 53.4 Å². The fourth-order valence-electron chi connectivity index (χ4n) is 1.95. The monoisotopic (exact) mass is 269 g/mol. The van der Waals surface area contributed by atoms with Crippen LogP contribution in [-0.4, -0.2) is 19.3 Å². The van der Waals surface area contributed by atoms with Gasteiger partial charge in [0.05, 0.1) is 18.3 Å². The molecule has 3 heteroatoms. The van der Waals surface area contributed by atoms with Crippen LogP contribution in [-0.2, 0) is 4.74 Å². The molecule has 15 heavy (non-hydrogen) atoms. The Morgan fingerprint density at radius 3 is 2.80 bits per heavy atom. The molecule has 0 aliphatic carbocycles. The van der Waals surface area contributed by atoms with Gasteiger partial charge in [-0.15, -0.1) is 0 Å². The van der Waals surface area contributed by atoms with E-state index in [-0.39, 0.29) is 0 Å². The smallest absolute Gasteiger partial charge is 0.0668 e. The number of benzene rings is 1. The highest BCUT2D eigenvalue weighted by atomic mass is 79.9. The molecule has 1 aliphatic heterocycles. The molecule has 0 bridgehead atoms. The summed E-state index contributed by atoms with van der Waals surface area (Å²) < 4.78 is 6.50. The van der Waals surface area contributed by atoms with E-state index in [4.69, 9.17) is 4.74 Å². The Bertz CT molecular complexity index is 336. The summed E-state index contributed by atoms with van der Waals surface area (Å²) >= 11 is 3.60. The summed E-state index contributed by atoms with van der Waals surface area (Å²) in [7, 11) is 0. The first-order chi connectivity index (χ1) is 7.16. The van der Waals surface area contributed by atoms with Crippen LogP contribution >= 0.6 is 15.9 Å². The second-order valence-corrected chi connectivity index (χ2v) is 5.00. The molecule has 1 atom stereocenters. The molecule has 1 aromatic rings. The lowest BCUT2D eigenvalue weighted by Gasteiger charge is -2.16. The average molecular weight is 270 g/mol. The van der Waals surface area contributed by atoms with Crippen molar-refractivity contribution in [3.8, 4) is 0 Å². The fourth-order valence-corrected chi connectivity index (χ4v) is 2.74. The summed E-state index contributed by atoms with van der Waals surface area (Å²) in [6.07, 6.45) is 1.10. The van der Waals surface area contributed by atoms with Gasteiger partial charge in [0.1, 0.15) is 0 Å². The number of nitrogens with one attached hydrogen (secondary N) is 1. The Labute approximate surface area is 99.1 Å². The molecule has 0 saturated carbocycles. The van der Waals surface area contributed by atoms with Crippen molar-refractivity contribution in [3.05, 3.63) is 27.7 Å². The largest absolute Gasteiger partial charge is 0.379 e. The molecule has 1 heterocycles. The highest BCUT2D eigenvalue weighted by Gasteiger charge is 2.17. The van der Waals surface area contributed by atoms with Crippen LogP contribution in [0, 0.1) is 13.8 Å². The zero-order valence-electron chi connectivity index (χ0n) is 9.14. The molecule has 1 fully saturated rings. The van der Waals surface area contributed by atoms with Crippen LogP contribution in [0.5, 0.6) is 0 Å². The van der Waals surface area contributed by atoms with Gasteiger partial charge in [-0.3, -0.25) is 0 Å². The lowest BCUT2D eigenvalue weighted by molar-refractivity contribution is 0.195. The number of hydrogen-bond acceptors (Lipinski definition) is 2. The topological polar surface area (TPSA) is 21.3 Å². The molecule has 1 N–H and O–H groups in total. The summed E-state index contributed by atoms with van der Waals surface area (Å²) in [5, 5.41) is 3.53. The van der Waals surface area contributed by atoms with E-state index in [1.807, 2.05) is 0 Å². The fraction of sp³-hybridized carbons (Fsp3) is 0.500. The third kappa shape index (κ3) is 2.52. The Kier molecular flexibility index (Phi) is 3.32. The number of rotatable bonds is 2. The molecule has 0 amide bonds. The van der Waals surface area contributed by atoms with E-state index in [9.17, 15) is 0 Å². The van der Waals surface area contributed by atoms with Gasteiger partial charge in [-0.1, -0.05) is 6.07 Å². The van der Waals surface area contributed by atoms with Gasteiger partial charge in [0.2, 0.25) is 0 Å². The van der Waals surface area contributed by atoms with Crippen molar-refractivity contribution in [1.82, 2.24) is 0 Å². The highest BCUT2D eigenvalue weighted by molar-refractivity contribution is 9.10. The van der Waals surface area contributed by atoms with Gasteiger partial charge < -0.3 is 10.1 Å². The molecule has 2 rings (SSSR count). The van der Waals surface area contributed by atoms with E-state index in [1.165, 1.54) is 16.8 Å². The van der Waals surface area contributed by atoms with Crippen LogP contribution in [0.4, 0.5) is 5.69 Å². The number of ether oxygens (including phenoxy) is 1. The molecule has 1 aromatic carbocycles. The maximum Gasteiger partial charge on any atom is 0.0668 e. The first kappa shape index (κ1) is 11.0. The van der Waals surface area contributed by atoms with E-state index in [1.54, 1.807) is 0 Å². The molecule has 1 saturated heterocycles. The third-order valence-electron chi connectivity index (χ3n) is 2.71. The summed E-state index contributed by atoms with van der Waals surface area (Å²) in [4.78, 5) is 0. The normalized spacial score (nSPS) is 20.6. The molecule has 82 valence electrons. The number of anilines is 1. The summed E-state index contributed by atoms with van der Waals surface area (Å²) in [6, 6.07) is 4.80. The summed E-state index contributed by atoms with van der Waals surface area (Å²) in [6.45, 7) is 5.94. The zero-order chi connectivity index (χ0) is 10.8. The average Bonchev–Trinajstić information content (AvgIpc) is 2.63. The van der Waals surface area contributed by atoms with Gasteiger partial charge in [0, 0.05) is 11.1 Å². The Morgan fingerprint density at radius 2 is 2.20 bits per heavy atom. The predicted molar refractivity (Wildman–Crippen MR) is 66.5 cm³/mol. The Hall–Kier alpha value is -0.540. The second kappa shape index (κ2) is 4.54. The molecular weight excluding hydrogens is 254 g/mol. The van der Waals surface area contributed by atoms with Crippen molar-refractivity contribution >= 4 is 21.6 Å². The minimum absolute atomic E-state index is 0.461.